The SMILES string of the molecule is CCOc1ccccc1NC(=O)CN1C(=O)N(Cc2ccc(F)cc2)C(=O)C2NN(CC)C=C21. The summed E-state index contributed by atoms with van der Waals surface area (Å²) in [7, 11) is 0. The molecule has 0 radical (unpaired) electrons. The van der Waals surface area contributed by atoms with E-state index in [-0.39, 0.29) is 13.1 Å². The molecule has 1 atom stereocenters. The Kier molecular flexibility index (Phi) is 6.78. The lowest BCUT2D eigenvalue weighted by molar-refractivity contribution is -0.133. The van der Waals surface area contributed by atoms with Crippen LogP contribution in [0.25, 0.3) is 0 Å². The maximum Gasteiger partial charge on any atom is 0.331 e. The monoisotopic (exact) mass is 467 g/mol. The van der Waals surface area contributed by atoms with E-state index < -0.39 is 29.7 Å². The second kappa shape index (κ2) is 9.92. The molecule has 2 N–H and O–H groups in total. The average molecular weight is 468 g/mol. The number of nitrogens with one attached hydrogen (secondary N) is 2. The lowest BCUT2D eigenvalue weighted by Gasteiger charge is -2.37. The number of hydrogen-bond donors (Lipinski definition) is 2. The molecular weight excluding hydrogens is 441 g/mol. The van der Waals surface area contributed by atoms with Gasteiger partial charge in [-0.25, -0.2) is 14.6 Å². The molecule has 4 rings (SSSR count). The molecule has 178 valence electrons. The maximum atomic E-state index is 13.4. The zero-order valence-corrected chi connectivity index (χ0v) is 19.0. The molecule has 0 aromatic heterocycles. The van der Waals surface area contributed by atoms with Gasteiger partial charge in [-0.3, -0.25) is 19.4 Å². The Morgan fingerprint density at radius 3 is 2.53 bits per heavy atom. The molecule has 34 heavy (non-hydrogen) atoms. The summed E-state index contributed by atoms with van der Waals surface area (Å²) >= 11 is 0. The zero-order valence-electron chi connectivity index (χ0n) is 19.0. The largest absolute Gasteiger partial charge is 0.492 e. The quantitative estimate of drug-likeness (QED) is 0.620. The van der Waals surface area contributed by atoms with E-state index >= 15 is 0 Å². The molecule has 4 amide bonds. The van der Waals surface area contributed by atoms with Gasteiger partial charge in [0.1, 0.15) is 24.2 Å². The third-order valence-electron chi connectivity index (χ3n) is 5.52. The summed E-state index contributed by atoms with van der Waals surface area (Å²) in [6.07, 6.45) is 1.66. The third kappa shape index (κ3) is 4.72. The fraction of sp³-hybridized carbons (Fsp3) is 0.292. The van der Waals surface area contributed by atoms with E-state index in [4.69, 9.17) is 4.74 Å². The number of carbonyl (C=O) groups excluding carboxylic acids is 3. The van der Waals surface area contributed by atoms with Gasteiger partial charge in [0.05, 0.1) is 24.5 Å². The fourth-order valence-corrected chi connectivity index (χ4v) is 3.86. The number of benzene rings is 2. The molecule has 2 heterocycles. The number of ether oxygens (including phenoxy) is 1. The lowest BCUT2D eigenvalue weighted by Crippen LogP contribution is -2.61. The summed E-state index contributed by atoms with van der Waals surface area (Å²) in [6, 6.07) is 11.2. The van der Waals surface area contributed by atoms with Gasteiger partial charge in [-0.15, -0.1) is 0 Å². The summed E-state index contributed by atoms with van der Waals surface area (Å²) in [6.45, 7) is 4.39. The number of anilines is 1. The van der Waals surface area contributed by atoms with Crippen molar-refractivity contribution in [1.29, 1.82) is 0 Å². The number of rotatable bonds is 8. The minimum absolute atomic E-state index is 0.0408. The molecule has 1 saturated heterocycles. The topological polar surface area (TPSA) is 94.2 Å². The first-order valence-corrected chi connectivity index (χ1v) is 11.0. The summed E-state index contributed by atoms with van der Waals surface area (Å²) in [5, 5.41) is 4.48. The van der Waals surface area contributed by atoms with E-state index in [0.29, 0.717) is 35.8 Å². The molecule has 2 aliphatic heterocycles. The Balaban J connectivity index is 1.57. The van der Waals surface area contributed by atoms with Gasteiger partial charge in [0.15, 0.2) is 0 Å². The van der Waals surface area contributed by atoms with E-state index in [2.05, 4.69) is 10.7 Å². The number of imide groups is 1. The number of fused-ring (bicyclic) bond motifs is 1. The highest BCUT2D eigenvalue weighted by atomic mass is 19.1. The molecule has 0 bridgehead atoms. The Morgan fingerprint density at radius 2 is 1.82 bits per heavy atom. The lowest BCUT2D eigenvalue weighted by atomic mass is 10.1. The highest BCUT2D eigenvalue weighted by Gasteiger charge is 2.46. The molecule has 2 aliphatic rings. The number of carbonyl (C=O) groups is 3. The Hall–Kier alpha value is -3.92. The Labute approximate surface area is 196 Å². The van der Waals surface area contributed by atoms with Crippen molar-refractivity contribution >= 4 is 23.5 Å². The van der Waals surface area contributed by atoms with Crippen LogP contribution >= 0.6 is 0 Å². The summed E-state index contributed by atoms with van der Waals surface area (Å²) < 4.78 is 18.9. The molecule has 0 aliphatic carbocycles. The van der Waals surface area contributed by atoms with Gasteiger partial charge in [-0.2, -0.15) is 0 Å². The van der Waals surface area contributed by atoms with Crippen LogP contribution in [0.1, 0.15) is 19.4 Å². The van der Waals surface area contributed by atoms with Crippen LogP contribution < -0.4 is 15.5 Å². The fourth-order valence-electron chi connectivity index (χ4n) is 3.86. The maximum absolute atomic E-state index is 13.4. The van der Waals surface area contributed by atoms with Gasteiger partial charge in [0, 0.05) is 12.7 Å². The van der Waals surface area contributed by atoms with Crippen molar-refractivity contribution in [2.24, 2.45) is 0 Å². The number of nitrogens with zero attached hydrogens (tertiary/aromatic N) is 3. The summed E-state index contributed by atoms with van der Waals surface area (Å²) in [4.78, 5) is 41.8. The normalized spacial score (nSPS) is 17.6. The molecule has 1 fully saturated rings. The molecule has 1 unspecified atom stereocenters. The number of urea groups is 1. The van der Waals surface area contributed by atoms with Crippen molar-refractivity contribution in [3.05, 3.63) is 71.8 Å². The highest BCUT2D eigenvalue weighted by Crippen LogP contribution is 2.28. The van der Waals surface area contributed by atoms with Crippen molar-refractivity contribution < 1.29 is 23.5 Å². The second-order valence-corrected chi connectivity index (χ2v) is 7.80. The first-order valence-electron chi connectivity index (χ1n) is 11.0. The molecule has 0 spiro atoms. The van der Waals surface area contributed by atoms with Crippen LogP contribution in [-0.4, -0.2) is 58.4 Å². The van der Waals surface area contributed by atoms with E-state index in [9.17, 15) is 18.8 Å². The minimum atomic E-state index is -0.804. The number of para-hydroxylation sites is 2. The molecule has 2 aromatic rings. The predicted octanol–water partition coefficient (Wildman–Crippen LogP) is 2.68. The number of amides is 4. The summed E-state index contributed by atoms with van der Waals surface area (Å²) in [5.74, 6) is -0.763. The van der Waals surface area contributed by atoms with Crippen LogP contribution in [-0.2, 0) is 16.1 Å². The van der Waals surface area contributed by atoms with E-state index in [0.717, 1.165) is 4.90 Å². The Morgan fingerprint density at radius 1 is 1.09 bits per heavy atom. The molecular formula is C24H26FN5O4. The third-order valence-corrected chi connectivity index (χ3v) is 5.52. The van der Waals surface area contributed by atoms with Gasteiger partial charge < -0.3 is 15.1 Å². The van der Waals surface area contributed by atoms with Crippen molar-refractivity contribution in [3.8, 4) is 5.75 Å². The van der Waals surface area contributed by atoms with Crippen molar-refractivity contribution in [1.82, 2.24) is 20.2 Å². The van der Waals surface area contributed by atoms with E-state index in [1.807, 2.05) is 13.8 Å². The standard InChI is InChI=1S/C24H26FN5O4/c1-3-28-14-19-22(27-28)23(32)30(13-16-9-11-17(25)12-10-16)24(33)29(19)15-21(31)26-18-7-5-6-8-20(18)34-4-2/h5-12,14,22,27H,3-4,13,15H2,1-2H3,(H,26,31). The first-order chi connectivity index (χ1) is 16.4. The smallest absolute Gasteiger partial charge is 0.331 e. The number of hydrogen-bond acceptors (Lipinski definition) is 6. The Bertz CT molecular complexity index is 1120. The van der Waals surface area contributed by atoms with E-state index in [1.54, 1.807) is 35.5 Å². The molecule has 9 nitrogen and oxygen atoms in total. The van der Waals surface area contributed by atoms with Gasteiger partial charge >= 0.3 is 6.03 Å². The van der Waals surface area contributed by atoms with Gasteiger partial charge in [-0.05, 0) is 43.7 Å². The van der Waals surface area contributed by atoms with Crippen LogP contribution in [0.15, 0.2) is 60.4 Å². The summed E-state index contributed by atoms with van der Waals surface area (Å²) in [5.41, 5.74) is 4.55. The van der Waals surface area contributed by atoms with Crippen molar-refractivity contribution in [3.63, 3.8) is 0 Å². The van der Waals surface area contributed by atoms with Gasteiger partial charge in [0.25, 0.3) is 5.91 Å². The number of halogens is 1. The highest BCUT2D eigenvalue weighted by molar-refractivity contribution is 6.05. The van der Waals surface area contributed by atoms with Crippen LogP contribution in [0.2, 0.25) is 0 Å². The van der Waals surface area contributed by atoms with E-state index in [1.165, 1.54) is 29.2 Å². The van der Waals surface area contributed by atoms with Gasteiger partial charge in [0.2, 0.25) is 5.91 Å². The van der Waals surface area contributed by atoms with Crippen molar-refractivity contribution in [2.75, 3.05) is 25.0 Å². The average Bonchev–Trinajstić information content (AvgIpc) is 3.27. The van der Waals surface area contributed by atoms with Crippen molar-refractivity contribution in [2.45, 2.75) is 26.4 Å². The van der Waals surface area contributed by atoms with Crippen LogP contribution in [0.5, 0.6) is 5.75 Å². The molecule has 10 heteroatoms. The predicted molar refractivity (Wildman–Crippen MR) is 123 cm³/mol. The zero-order chi connectivity index (χ0) is 24.2. The molecule has 2 aromatic carbocycles. The minimum Gasteiger partial charge on any atom is -0.492 e. The van der Waals surface area contributed by atoms with Crippen LogP contribution in [0, 0.1) is 5.82 Å². The second-order valence-electron chi connectivity index (χ2n) is 7.80. The first kappa shape index (κ1) is 23.2. The van der Waals surface area contributed by atoms with Crippen LogP contribution in [0.3, 0.4) is 0 Å². The van der Waals surface area contributed by atoms with Gasteiger partial charge in [-0.1, -0.05) is 24.3 Å². The van der Waals surface area contributed by atoms with Crippen LogP contribution in [0.4, 0.5) is 14.9 Å². The molecule has 0 saturated carbocycles. The number of hydrazine groups is 1.